The fourth-order valence-electron chi connectivity index (χ4n) is 4.09. The molecule has 0 amide bonds. The lowest BCUT2D eigenvalue weighted by Gasteiger charge is -2.12. The highest BCUT2D eigenvalue weighted by Crippen LogP contribution is 2.33. The summed E-state index contributed by atoms with van der Waals surface area (Å²) in [6.45, 7) is 0. The van der Waals surface area contributed by atoms with Gasteiger partial charge in [-0.2, -0.15) is 0 Å². The molecule has 0 radical (unpaired) electrons. The molecular weight excluding hydrogens is 480 g/mol. The van der Waals surface area contributed by atoms with Crippen molar-refractivity contribution in [1.29, 1.82) is 0 Å². The molecule has 0 aromatic heterocycles. The van der Waals surface area contributed by atoms with Crippen LogP contribution in [-0.4, -0.2) is 0 Å². The van der Waals surface area contributed by atoms with Crippen molar-refractivity contribution in [3.05, 3.63) is 78.0 Å². The number of nitrogens with zero attached hydrogens (tertiary/aromatic N) is 3. The summed E-state index contributed by atoms with van der Waals surface area (Å²) in [6, 6.07) is 13.0. The van der Waals surface area contributed by atoms with Gasteiger partial charge in [0.25, 0.3) is 0 Å². The summed E-state index contributed by atoms with van der Waals surface area (Å²) < 4.78 is 2.27. The molecule has 4 rings (SSSR count). The van der Waals surface area contributed by atoms with Crippen molar-refractivity contribution < 1.29 is 0 Å². The summed E-state index contributed by atoms with van der Waals surface area (Å²) in [5, 5.41) is 3.88. The van der Waals surface area contributed by atoms with Crippen molar-refractivity contribution in [2.75, 3.05) is 0 Å². The number of halogens is 2. The topological polar surface area (TPSA) is 74.8 Å². The minimum absolute atomic E-state index is 0.0283. The molecule has 0 saturated carbocycles. The van der Waals surface area contributed by atoms with Crippen LogP contribution in [0.3, 0.4) is 0 Å². The van der Waals surface area contributed by atoms with Gasteiger partial charge >= 0.3 is 0 Å². The molecule has 148 valence electrons. The van der Waals surface area contributed by atoms with Crippen molar-refractivity contribution in [3.63, 3.8) is 0 Å². The van der Waals surface area contributed by atoms with E-state index in [1.165, 1.54) is 52.4 Å². The molecule has 0 bridgehead atoms. The lowest BCUT2D eigenvalue weighted by molar-refractivity contribution is 0.612. The molecule has 2 N–H and O–H groups in total. The lowest BCUT2D eigenvalue weighted by Crippen LogP contribution is -2.10. The third-order valence-electron chi connectivity index (χ3n) is 5.54. The van der Waals surface area contributed by atoms with Crippen LogP contribution in [-0.2, 0) is 12.8 Å². The summed E-state index contributed by atoms with van der Waals surface area (Å²) in [6.07, 6.45) is 9.23. The maximum atomic E-state index is 8.54. The number of nitrogens with two attached hydrogens (primary N) is 1. The first-order valence-corrected chi connectivity index (χ1v) is 11.5. The van der Waals surface area contributed by atoms with Crippen LogP contribution in [0.2, 0.25) is 0 Å². The Morgan fingerprint density at radius 1 is 0.857 bits per heavy atom. The van der Waals surface area contributed by atoms with Gasteiger partial charge < -0.3 is 5.73 Å². The Bertz CT molecular complexity index is 862. The Morgan fingerprint density at radius 2 is 1.43 bits per heavy atom. The van der Waals surface area contributed by atoms with E-state index in [1.807, 2.05) is 6.07 Å². The van der Waals surface area contributed by atoms with E-state index in [0.29, 0.717) is 0 Å². The highest BCUT2D eigenvalue weighted by Gasteiger charge is 2.17. The van der Waals surface area contributed by atoms with Crippen molar-refractivity contribution in [1.82, 2.24) is 0 Å². The van der Waals surface area contributed by atoms with Crippen LogP contribution < -0.4 is 5.73 Å². The van der Waals surface area contributed by atoms with Crippen molar-refractivity contribution in [2.45, 2.75) is 63.5 Å². The first kappa shape index (κ1) is 21.4. The molecule has 2 aromatic carbocycles. The van der Waals surface area contributed by atoms with Gasteiger partial charge in [0.1, 0.15) is 0 Å². The van der Waals surface area contributed by atoms with E-state index in [1.54, 1.807) is 0 Å². The van der Waals surface area contributed by atoms with Gasteiger partial charge in [-0.15, -0.1) is 0 Å². The van der Waals surface area contributed by atoms with E-state index < -0.39 is 0 Å². The number of fused-ring (bicyclic) bond motifs is 2. The maximum absolute atomic E-state index is 8.54. The van der Waals surface area contributed by atoms with Gasteiger partial charge in [-0.25, -0.2) is 0 Å². The highest BCUT2D eigenvalue weighted by atomic mass is 79.9. The molecule has 0 heterocycles. The van der Waals surface area contributed by atoms with Crippen molar-refractivity contribution in [3.8, 4) is 0 Å². The van der Waals surface area contributed by atoms with Crippen LogP contribution >= 0.6 is 31.9 Å². The molecule has 2 atom stereocenters. The molecule has 28 heavy (non-hydrogen) atoms. The quantitative estimate of drug-likeness (QED) is 0.183. The third-order valence-corrected chi connectivity index (χ3v) is 6.53. The normalized spacial score (nSPS) is 21.0. The molecule has 2 aliphatic carbocycles. The second-order valence-corrected chi connectivity index (χ2v) is 9.34. The Balaban J connectivity index is 0.000000162. The van der Waals surface area contributed by atoms with E-state index in [2.05, 4.69) is 72.2 Å². The zero-order valence-corrected chi connectivity index (χ0v) is 19.1. The van der Waals surface area contributed by atoms with Crippen LogP contribution in [0, 0.1) is 0 Å². The fraction of sp³-hybridized carbons (Fsp3) is 0.455. The zero-order chi connectivity index (χ0) is 19.9. The number of azide groups is 1. The molecule has 0 saturated heterocycles. The standard InChI is InChI=1S/C11H12BrN3.C11H14BrN/c12-9-5-6-10-8(7-9)3-1-2-4-11(10)14-15-13;12-9-5-6-10-8(7-9)3-1-2-4-11(10)13/h5-7,11H,1-4H2;5-7,11H,1-4,13H2. The third kappa shape index (κ3) is 5.60. The first-order valence-electron chi connectivity index (χ1n) is 9.95. The molecule has 2 aliphatic rings. The van der Waals surface area contributed by atoms with E-state index in [4.69, 9.17) is 11.3 Å². The van der Waals surface area contributed by atoms with Crippen LogP contribution in [0.4, 0.5) is 0 Å². The molecular formula is C22H26Br2N4. The molecule has 2 aromatic rings. The smallest absolute Gasteiger partial charge is 0.0628 e. The zero-order valence-electron chi connectivity index (χ0n) is 16.0. The molecule has 0 aliphatic heterocycles. The van der Waals surface area contributed by atoms with Gasteiger partial charge in [0.15, 0.2) is 0 Å². The van der Waals surface area contributed by atoms with Crippen molar-refractivity contribution >= 4 is 31.9 Å². The molecule has 6 heteroatoms. The largest absolute Gasteiger partial charge is 0.324 e. The summed E-state index contributed by atoms with van der Waals surface area (Å²) in [5.41, 5.74) is 19.9. The minimum atomic E-state index is 0.0283. The average Bonchev–Trinajstić information content (AvgIpc) is 2.98. The number of hydrogen-bond donors (Lipinski definition) is 1. The van der Waals surface area contributed by atoms with Gasteiger partial charge in [-0.05, 0) is 90.6 Å². The first-order chi connectivity index (χ1) is 13.6. The predicted octanol–water partition coefficient (Wildman–Crippen LogP) is 7.70. The number of hydrogen-bond acceptors (Lipinski definition) is 2. The van der Waals surface area contributed by atoms with E-state index >= 15 is 0 Å². The summed E-state index contributed by atoms with van der Waals surface area (Å²) in [7, 11) is 0. The minimum Gasteiger partial charge on any atom is -0.324 e. The van der Waals surface area contributed by atoms with E-state index in [9.17, 15) is 0 Å². The summed E-state index contributed by atoms with van der Waals surface area (Å²) >= 11 is 6.97. The Hall–Kier alpha value is -1.33. The van der Waals surface area contributed by atoms with E-state index in [0.717, 1.165) is 30.2 Å². The summed E-state index contributed by atoms with van der Waals surface area (Å²) in [4.78, 5) is 2.94. The van der Waals surface area contributed by atoms with E-state index in [-0.39, 0.29) is 12.1 Å². The maximum Gasteiger partial charge on any atom is 0.0628 e. The second kappa shape index (κ2) is 10.4. The molecule has 4 nitrogen and oxygen atoms in total. The van der Waals surface area contributed by atoms with Gasteiger partial charge in [-0.3, -0.25) is 0 Å². The Morgan fingerprint density at radius 3 is 2.07 bits per heavy atom. The summed E-state index contributed by atoms with van der Waals surface area (Å²) in [5.74, 6) is 0. The Labute approximate surface area is 183 Å². The monoisotopic (exact) mass is 504 g/mol. The lowest BCUT2D eigenvalue weighted by atomic mass is 10.00. The predicted molar refractivity (Wildman–Crippen MR) is 122 cm³/mol. The van der Waals surface area contributed by atoms with Gasteiger partial charge in [0.05, 0.1) is 6.04 Å². The van der Waals surface area contributed by atoms with Crippen molar-refractivity contribution in [2.24, 2.45) is 10.8 Å². The molecule has 0 spiro atoms. The van der Waals surface area contributed by atoms with Crippen LogP contribution in [0.25, 0.3) is 10.4 Å². The highest BCUT2D eigenvalue weighted by molar-refractivity contribution is 9.10. The Kier molecular flexibility index (Phi) is 7.98. The average molecular weight is 506 g/mol. The molecule has 0 fully saturated rings. The van der Waals surface area contributed by atoms with Gasteiger partial charge in [0.2, 0.25) is 0 Å². The van der Waals surface area contributed by atoms with Gasteiger partial charge in [-0.1, -0.05) is 61.9 Å². The van der Waals surface area contributed by atoms with Crippen LogP contribution in [0.1, 0.15) is 72.9 Å². The van der Waals surface area contributed by atoms with Crippen LogP contribution in [0.5, 0.6) is 0 Å². The number of aryl methyl sites for hydroxylation is 2. The fourth-order valence-corrected chi connectivity index (χ4v) is 4.91. The molecule has 2 unspecified atom stereocenters. The second-order valence-electron chi connectivity index (χ2n) is 7.51. The number of benzene rings is 2. The number of rotatable bonds is 1. The van der Waals surface area contributed by atoms with Crippen LogP contribution in [0.15, 0.2) is 50.5 Å². The SMILES string of the molecule is NC1CCCCc2cc(Br)ccc21.[N-]=[N+]=NC1CCCCc2cc(Br)ccc21. The van der Waals surface area contributed by atoms with Gasteiger partial charge in [0, 0.05) is 19.9 Å².